The first-order valence-corrected chi connectivity index (χ1v) is 14.3. The molecule has 0 saturated carbocycles. The Hall–Kier alpha value is -3.74. The highest BCUT2D eigenvalue weighted by molar-refractivity contribution is 8.01. The van der Waals surface area contributed by atoms with Crippen molar-refractivity contribution in [3.63, 3.8) is 0 Å². The van der Waals surface area contributed by atoms with Gasteiger partial charge in [-0.25, -0.2) is 0 Å². The Bertz CT molecular complexity index is 1500. The van der Waals surface area contributed by atoms with Crippen LogP contribution in [-0.4, -0.2) is 27.5 Å². The molecule has 2 aliphatic rings. The summed E-state index contributed by atoms with van der Waals surface area (Å²) in [6, 6.07) is 17.8. The molecule has 1 aliphatic carbocycles. The summed E-state index contributed by atoms with van der Waals surface area (Å²) < 4.78 is 0.619. The first-order chi connectivity index (χ1) is 18.4. The fraction of sp³-hybridized carbons (Fsp3) is 0.276. The second-order valence-corrected chi connectivity index (χ2v) is 11.5. The van der Waals surface area contributed by atoms with Crippen LogP contribution in [0.1, 0.15) is 59.2 Å². The van der Waals surface area contributed by atoms with E-state index in [1.165, 1.54) is 28.7 Å². The second-order valence-electron chi connectivity index (χ2n) is 9.34. The van der Waals surface area contributed by atoms with E-state index in [9.17, 15) is 14.9 Å². The van der Waals surface area contributed by atoms with Gasteiger partial charge in [0.2, 0.25) is 5.13 Å². The Kier molecular flexibility index (Phi) is 7.45. The highest BCUT2D eigenvalue weighted by Crippen LogP contribution is 2.47. The van der Waals surface area contributed by atoms with Gasteiger partial charge in [-0.3, -0.25) is 14.5 Å². The maximum atomic E-state index is 13.3. The molecule has 1 aromatic heterocycles. The molecule has 0 bridgehead atoms. The fourth-order valence-electron chi connectivity index (χ4n) is 4.89. The third kappa shape index (κ3) is 4.89. The molecule has 1 aliphatic heterocycles. The minimum absolute atomic E-state index is 0.00991. The Balaban J connectivity index is 1.46. The number of rotatable bonds is 7. The van der Waals surface area contributed by atoms with E-state index in [0.717, 1.165) is 23.2 Å². The van der Waals surface area contributed by atoms with Crippen molar-refractivity contribution >= 4 is 39.8 Å². The summed E-state index contributed by atoms with van der Waals surface area (Å²) in [5.74, 6) is 0.0433. The number of allylic oxidation sites excluding steroid dienone is 3. The molecule has 38 heavy (non-hydrogen) atoms. The van der Waals surface area contributed by atoms with Crippen molar-refractivity contribution in [1.29, 1.82) is 5.26 Å². The van der Waals surface area contributed by atoms with Gasteiger partial charge in [0.05, 0.1) is 23.3 Å². The van der Waals surface area contributed by atoms with Crippen LogP contribution in [-0.2, 0) is 11.2 Å². The summed E-state index contributed by atoms with van der Waals surface area (Å²) in [7, 11) is 0. The molecule has 0 saturated heterocycles. The van der Waals surface area contributed by atoms with Gasteiger partial charge < -0.3 is 5.73 Å². The van der Waals surface area contributed by atoms with Crippen molar-refractivity contribution in [2.24, 2.45) is 5.73 Å². The van der Waals surface area contributed by atoms with E-state index in [1.54, 1.807) is 4.90 Å². The normalized spacial score (nSPS) is 17.4. The summed E-state index contributed by atoms with van der Waals surface area (Å²) >= 11 is 2.61. The molecule has 7 nitrogen and oxygen atoms in total. The number of nitrogens with zero attached hydrogens (tertiary/aromatic N) is 4. The van der Waals surface area contributed by atoms with Crippen molar-refractivity contribution in [3.8, 4) is 6.07 Å². The second kappa shape index (κ2) is 10.9. The molecule has 0 radical (unpaired) electrons. The van der Waals surface area contributed by atoms with Crippen LogP contribution in [0.4, 0.5) is 5.13 Å². The highest BCUT2D eigenvalue weighted by atomic mass is 32.2. The Labute approximate surface area is 230 Å². The first-order valence-electron chi connectivity index (χ1n) is 12.5. The molecule has 0 fully saturated rings. The first kappa shape index (κ1) is 25.9. The number of hydrogen-bond acceptors (Lipinski definition) is 9. The number of anilines is 1. The van der Waals surface area contributed by atoms with Crippen LogP contribution in [0.2, 0.25) is 0 Å². The van der Waals surface area contributed by atoms with Crippen LogP contribution in [0.3, 0.4) is 0 Å². The zero-order valence-electron chi connectivity index (χ0n) is 21.2. The molecular formula is C29H27N5O2S2. The van der Waals surface area contributed by atoms with Crippen LogP contribution < -0.4 is 10.6 Å². The minimum atomic E-state index is -0.501. The number of aromatic nitrogens is 2. The number of benzene rings is 2. The standard InChI is InChI=1S/C29H27N5O2S2/c1-3-18-9-13-20(14-10-18)25-21(15-30)27(31)34(22-5-4-6-23(35)26(22)25)28-32-33-29(38-28)37-16-24(36)19-11-7-17(2)8-12-19/h7-14,25H,3-6,16,31H2,1-2H3. The zero-order valence-corrected chi connectivity index (χ0v) is 22.9. The number of aryl methyl sites for hydroxylation is 2. The molecule has 192 valence electrons. The summed E-state index contributed by atoms with van der Waals surface area (Å²) in [6.45, 7) is 4.07. The van der Waals surface area contributed by atoms with E-state index in [2.05, 4.69) is 23.2 Å². The predicted molar refractivity (Wildman–Crippen MR) is 150 cm³/mol. The number of Topliss-reactive ketones (excluding diaryl/α,β-unsaturated/α-hetero) is 2. The molecule has 0 spiro atoms. The van der Waals surface area contributed by atoms with Crippen LogP contribution in [0, 0.1) is 18.3 Å². The van der Waals surface area contributed by atoms with Crippen LogP contribution >= 0.6 is 23.1 Å². The lowest BCUT2D eigenvalue weighted by Crippen LogP contribution is -2.38. The molecule has 9 heteroatoms. The van der Waals surface area contributed by atoms with E-state index < -0.39 is 5.92 Å². The smallest absolute Gasteiger partial charge is 0.219 e. The lowest BCUT2D eigenvalue weighted by Gasteiger charge is -2.38. The quantitative estimate of drug-likeness (QED) is 0.300. The van der Waals surface area contributed by atoms with Gasteiger partial charge in [-0.15, -0.1) is 10.2 Å². The van der Waals surface area contributed by atoms with E-state index >= 15 is 0 Å². The molecule has 1 unspecified atom stereocenters. The molecule has 2 heterocycles. The number of nitriles is 1. The SMILES string of the molecule is CCc1ccc(C2C(C#N)=C(N)N(c3nnc(SCC(=O)c4ccc(C)cc4)s3)C3=C2C(=O)CCC3)cc1. The van der Waals surface area contributed by atoms with Crippen molar-refractivity contribution in [1.82, 2.24) is 10.2 Å². The number of carbonyl (C=O) groups excluding carboxylic acids is 2. The van der Waals surface area contributed by atoms with Gasteiger partial charge in [0.1, 0.15) is 5.82 Å². The average molecular weight is 542 g/mol. The van der Waals surface area contributed by atoms with Crippen LogP contribution in [0.5, 0.6) is 0 Å². The van der Waals surface area contributed by atoms with E-state index in [-0.39, 0.29) is 23.1 Å². The minimum Gasteiger partial charge on any atom is -0.384 e. The highest BCUT2D eigenvalue weighted by Gasteiger charge is 2.41. The summed E-state index contributed by atoms with van der Waals surface area (Å²) in [5, 5.41) is 19.3. The van der Waals surface area contributed by atoms with Crippen molar-refractivity contribution in [3.05, 3.63) is 93.4 Å². The topological polar surface area (TPSA) is 113 Å². The number of ketones is 2. The maximum absolute atomic E-state index is 13.3. The Morgan fingerprint density at radius 2 is 1.89 bits per heavy atom. The van der Waals surface area contributed by atoms with Crippen LogP contribution in [0.25, 0.3) is 0 Å². The zero-order chi connectivity index (χ0) is 26.8. The van der Waals surface area contributed by atoms with E-state index in [1.807, 2.05) is 55.5 Å². The van der Waals surface area contributed by atoms with E-state index in [4.69, 9.17) is 5.73 Å². The number of nitrogens with two attached hydrogens (primary N) is 1. The molecule has 3 aromatic rings. The third-order valence-corrected chi connectivity index (χ3v) is 8.96. The van der Waals surface area contributed by atoms with Crippen molar-refractivity contribution < 1.29 is 9.59 Å². The monoisotopic (exact) mass is 541 g/mol. The van der Waals surface area contributed by atoms with Crippen LogP contribution in [0.15, 0.2) is 75.5 Å². The van der Waals surface area contributed by atoms with Gasteiger partial charge in [0.15, 0.2) is 15.9 Å². The number of carbonyl (C=O) groups is 2. The largest absolute Gasteiger partial charge is 0.384 e. The third-order valence-electron chi connectivity index (χ3n) is 6.92. The molecular weight excluding hydrogens is 514 g/mol. The van der Waals surface area contributed by atoms with Gasteiger partial charge in [-0.2, -0.15) is 5.26 Å². The molecule has 2 aromatic carbocycles. The van der Waals surface area contributed by atoms with Gasteiger partial charge in [0.25, 0.3) is 0 Å². The fourth-order valence-corrected chi connectivity index (χ4v) is 6.66. The van der Waals surface area contributed by atoms with E-state index in [0.29, 0.717) is 45.4 Å². The molecule has 1 atom stereocenters. The predicted octanol–water partition coefficient (Wildman–Crippen LogP) is 5.69. The number of thioether (sulfide) groups is 1. The van der Waals surface area contributed by atoms with Gasteiger partial charge in [-0.1, -0.05) is 84.1 Å². The molecule has 2 N–H and O–H groups in total. The van der Waals surface area contributed by atoms with Crippen molar-refractivity contribution in [2.75, 3.05) is 10.7 Å². The van der Waals surface area contributed by atoms with Gasteiger partial charge in [-0.05, 0) is 37.3 Å². The summed E-state index contributed by atoms with van der Waals surface area (Å²) in [4.78, 5) is 27.6. The van der Waals surface area contributed by atoms with Gasteiger partial charge in [0, 0.05) is 23.3 Å². The average Bonchev–Trinajstić information content (AvgIpc) is 3.40. The maximum Gasteiger partial charge on any atom is 0.219 e. The van der Waals surface area contributed by atoms with Gasteiger partial charge >= 0.3 is 0 Å². The lowest BCUT2D eigenvalue weighted by molar-refractivity contribution is -0.116. The summed E-state index contributed by atoms with van der Waals surface area (Å²) in [6.07, 6.45) is 2.70. The van der Waals surface area contributed by atoms with Crippen molar-refractivity contribution in [2.45, 2.75) is 49.8 Å². The summed E-state index contributed by atoms with van der Waals surface area (Å²) in [5.41, 5.74) is 12.2. The molecule has 5 rings (SSSR count). The lowest BCUT2D eigenvalue weighted by atomic mass is 9.75. The number of hydrogen-bond donors (Lipinski definition) is 1. The Morgan fingerprint density at radius 1 is 1.16 bits per heavy atom. The molecule has 0 amide bonds. The Morgan fingerprint density at radius 3 is 2.58 bits per heavy atom.